The van der Waals surface area contributed by atoms with Gasteiger partial charge in [0.25, 0.3) is 0 Å². The van der Waals surface area contributed by atoms with Gasteiger partial charge in [-0.2, -0.15) is 0 Å². The highest BCUT2D eigenvalue weighted by atomic mass is 32.2. The average molecular weight is 488 g/mol. The van der Waals surface area contributed by atoms with Crippen molar-refractivity contribution in [3.8, 4) is 11.5 Å². The zero-order valence-electron chi connectivity index (χ0n) is 20.8. The lowest BCUT2D eigenvalue weighted by atomic mass is 9.95. The number of ether oxygens (including phenoxy) is 1. The van der Waals surface area contributed by atoms with Crippen molar-refractivity contribution < 1.29 is 4.74 Å². The van der Waals surface area contributed by atoms with Gasteiger partial charge in [-0.1, -0.05) is 56.1 Å². The summed E-state index contributed by atoms with van der Waals surface area (Å²) in [4.78, 5) is 19.3. The van der Waals surface area contributed by atoms with Gasteiger partial charge in [-0.15, -0.1) is 0 Å². The zero-order valence-corrected chi connectivity index (χ0v) is 21.7. The van der Waals surface area contributed by atoms with Crippen molar-refractivity contribution in [3.63, 3.8) is 0 Å². The standard InChI is InChI=1S/C28H33N5OS/c1-5-9-21(10-6-2)24-18-31-28(32-24)33-27-26(34-25-13-8-14-29-20(25)4)16-23(17-30-27)35-22-12-7-11-19(3)15-22/h7-8,11-18,21H,5-6,9-10H2,1-4H3,(H2,30,31,32,33). The second-order valence-corrected chi connectivity index (χ2v) is 9.86. The van der Waals surface area contributed by atoms with Crippen LogP contribution in [0.25, 0.3) is 0 Å². The van der Waals surface area contributed by atoms with E-state index in [2.05, 4.69) is 65.3 Å². The Morgan fingerprint density at radius 1 is 0.914 bits per heavy atom. The van der Waals surface area contributed by atoms with E-state index < -0.39 is 0 Å². The van der Waals surface area contributed by atoms with E-state index in [0.29, 0.717) is 29.2 Å². The topological polar surface area (TPSA) is 75.7 Å². The number of hydrogen-bond acceptors (Lipinski definition) is 6. The van der Waals surface area contributed by atoms with Crippen molar-refractivity contribution in [2.75, 3.05) is 5.32 Å². The fraction of sp³-hybridized carbons (Fsp3) is 0.321. The molecule has 0 aliphatic heterocycles. The van der Waals surface area contributed by atoms with E-state index in [4.69, 9.17) is 9.72 Å². The Hall–Kier alpha value is -3.32. The molecule has 0 fully saturated rings. The summed E-state index contributed by atoms with van der Waals surface area (Å²) in [6.07, 6.45) is 10.1. The number of aromatic nitrogens is 4. The van der Waals surface area contributed by atoms with Crippen LogP contribution in [-0.4, -0.2) is 19.9 Å². The molecule has 35 heavy (non-hydrogen) atoms. The number of nitrogens with zero attached hydrogens (tertiary/aromatic N) is 3. The van der Waals surface area contributed by atoms with E-state index in [1.54, 1.807) is 18.0 Å². The summed E-state index contributed by atoms with van der Waals surface area (Å²) in [5.41, 5.74) is 3.20. The first-order chi connectivity index (χ1) is 17.1. The molecule has 2 N–H and O–H groups in total. The van der Waals surface area contributed by atoms with Crippen molar-refractivity contribution in [2.24, 2.45) is 0 Å². The van der Waals surface area contributed by atoms with Crippen molar-refractivity contribution in [3.05, 3.63) is 78.0 Å². The number of aromatic amines is 1. The predicted molar refractivity (Wildman–Crippen MR) is 143 cm³/mol. The van der Waals surface area contributed by atoms with Gasteiger partial charge in [0.2, 0.25) is 5.95 Å². The summed E-state index contributed by atoms with van der Waals surface area (Å²) >= 11 is 1.66. The quantitative estimate of drug-likeness (QED) is 0.222. The smallest absolute Gasteiger partial charge is 0.206 e. The molecule has 0 unspecified atom stereocenters. The molecular formula is C28H33N5OS. The molecule has 0 saturated carbocycles. The maximum absolute atomic E-state index is 6.30. The summed E-state index contributed by atoms with van der Waals surface area (Å²) in [7, 11) is 0. The third-order valence-corrected chi connectivity index (χ3v) is 6.73. The summed E-state index contributed by atoms with van der Waals surface area (Å²) in [5.74, 6) is 3.07. The number of H-pyrrole nitrogens is 1. The van der Waals surface area contributed by atoms with Gasteiger partial charge in [-0.3, -0.25) is 4.98 Å². The van der Waals surface area contributed by atoms with E-state index in [9.17, 15) is 0 Å². The molecule has 0 aliphatic carbocycles. The van der Waals surface area contributed by atoms with Crippen molar-refractivity contribution in [2.45, 2.75) is 69.1 Å². The van der Waals surface area contributed by atoms with Crippen molar-refractivity contribution >= 4 is 23.5 Å². The predicted octanol–water partition coefficient (Wildman–Crippen LogP) is 8.19. The van der Waals surface area contributed by atoms with Gasteiger partial charge in [0.15, 0.2) is 11.6 Å². The Labute approximate surface area is 212 Å². The average Bonchev–Trinajstić information content (AvgIpc) is 3.30. The van der Waals surface area contributed by atoms with Crippen LogP contribution in [0.15, 0.2) is 70.8 Å². The number of benzene rings is 1. The molecule has 0 bridgehead atoms. The largest absolute Gasteiger partial charge is 0.452 e. The molecule has 0 saturated heterocycles. The number of hydrogen-bond donors (Lipinski definition) is 2. The second kappa shape index (κ2) is 11.9. The molecule has 7 heteroatoms. The van der Waals surface area contributed by atoms with E-state index in [-0.39, 0.29) is 0 Å². The van der Waals surface area contributed by atoms with Crippen LogP contribution < -0.4 is 10.1 Å². The SMILES string of the molecule is CCCC(CCC)c1cnc(Nc2ncc(Sc3cccc(C)c3)cc2Oc2cccnc2C)[nH]1. The van der Waals surface area contributed by atoms with Crippen LogP contribution in [0, 0.1) is 13.8 Å². The highest BCUT2D eigenvalue weighted by molar-refractivity contribution is 7.99. The number of imidazole rings is 1. The number of pyridine rings is 2. The lowest BCUT2D eigenvalue weighted by molar-refractivity contribution is 0.474. The lowest BCUT2D eigenvalue weighted by Gasteiger charge is -2.14. The third-order valence-electron chi connectivity index (χ3n) is 5.78. The normalized spacial score (nSPS) is 11.1. The molecule has 0 atom stereocenters. The van der Waals surface area contributed by atoms with E-state index >= 15 is 0 Å². The van der Waals surface area contributed by atoms with E-state index in [1.807, 2.05) is 37.5 Å². The first-order valence-corrected chi connectivity index (χ1v) is 13.0. The number of anilines is 2. The summed E-state index contributed by atoms with van der Waals surface area (Å²) in [6, 6.07) is 14.2. The zero-order chi connectivity index (χ0) is 24.6. The molecule has 0 aliphatic rings. The van der Waals surface area contributed by atoms with Gasteiger partial charge in [0, 0.05) is 39.9 Å². The molecule has 4 aromatic rings. The Morgan fingerprint density at radius 3 is 2.49 bits per heavy atom. The Balaban J connectivity index is 1.62. The van der Waals surface area contributed by atoms with Crippen molar-refractivity contribution in [1.82, 2.24) is 19.9 Å². The molecule has 4 rings (SSSR count). The molecule has 3 heterocycles. The highest BCUT2D eigenvalue weighted by Gasteiger charge is 2.16. The minimum Gasteiger partial charge on any atom is -0.452 e. The van der Waals surface area contributed by atoms with E-state index in [0.717, 1.165) is 46.9 Å². The van der Waals surface area contributed by atoms with Crippen LogP contribution in [0.4, 0.5) is 11.8 Å². The maximum atomic E-state index is 6.30. The molecule has 1 aromatic carbocycles. The van der Waals surface area contributed by atoms with Gasteiger partial charge in [-0.25, -0.2) is 9.97 Å². The van der Waals surface area contributed by atoms with Crippen LogP contribution in [-0.2, 0) is 0 Å². The summed E-state index contributed by atoms with van der Waals surface area (Å²) in [5, 5.41) is 3.34. The minimum atomic E-state index is 0.489. The van der Waals surface area contributed by atoms with Gasteiger partial charge in [0.05, 0.1) is 11.9 Å². The minimum absolute atomic E-state index is 0.489. The van der Waals surface area contributed by atoms with Crippen LogP contribution in [0.5, 0.6) is 11.5 Å². The molecular weight excluding hydrogens is 454 g/mol. The van der Waals surface area contributed by atoms with Crippen molar-refractivity contribution in [1.29, 1.82) is 0 Å². The Bertz CT molecular complexity index is 1250. The van der Waals surface area contributed by atoms with Crippen LogP contribution in [0.2, 0.25) is 0 Å². The molecule has 182 valence electrons. The molecule has 0 radical (unpaired) electrons. The fourth-order valence-electron chi connectivity index (χ4n) is 4.04. The highest BCUT2D eigenvalue weighted by Crippen LogP contribution is 2.37. The maximum Gasteiger partial charge on any atom is 0.206 e. The van der Waals surface area contributed by atoms with Crippen LogP contribution >= 0.6 is 11.8 Å². The lowest BCUT2D eigenvalue weighted by Crippen LogP contribution is -2.01. The number of rotatable bonds is 11. The summed E-state index contributed by atoms with van der Waals surface area (Å²) < 4.78 is 6.30. The fourth-order valence-corrected chi connectivity index (χ4v) is 4.97. The van der Waals surface area contributed by atoms with Gasteiger partial charge < -0.3 is 15.0 Å². The first kappa shape index (κ1) is 24.8. The molecule has 6 nitrogen and oxygen atoms in total. The van der Waals surface area contributed by atoms with E-state index in [1.165, 1.54) is 5.56 Å². The second-order valence-electron chi connectivity index (χ2n) is 8.71. The van der Waals surface area contributed by atoms with Crippen LogP contribution in [0.1, 0.15) is 62.4 Å². The molecule has 0 spiro atoms. The van der Waals surface area contributed by atoms with Gasteiger partial charge in [0.1, 0.15) is 5.75 Å². The summed E-state index contributed by atoms with van der Waals surface area (Å²) in [6.45, 7) is 8.48. The number of nitrogens with one attached hydrogen (secondary N) is 2. The molecule has 0 amide bonds. The van der Waals surface area contributed by atoms with Crippen LogP contribution in [0.3, 0.4) is 0 Å². The monoisotopic (exact) mass is 487 g/mol. The van der Waals surface area contributed by atoms with Gasteiger partial charge >= 0.3 is 0 Å². The molecule has 3 aromatic heterocycles. The third kappa shape index (κ3) is 6.63. The number of aryl methyl sites for hydroxylation is 2. The first-order valence-electron chi connectivity index (χ1n) is 12.2. The van der Waals surface area contributed by atoms with Gasteiger partial charge in [-0.05, 0) is 51.0 Å². The Morgan fingerprint density at radius 2 is 1.74 bits per heavy atom. The Kier molecular flexibility index (Phi) is 8.42.